The first-order valence-corrected chi connectivity index (χ1v) is 9.84. The van der Waals surface area contributed by atoms with Crippen LogP contribution >= 0.6 is 11.8 Å². The van der Waals surface area contributed by atoms with Crippen molar-refractivity contribution in [2.75, 3.05) is 28.6 Å². The number of para-hydroxylation sites is 1. The molecule has 2 aromatic rings. The molecule has 2 aromatic carbocycles. The van der Waals surface area contributed by atoms with E-state index in [1.807, 2.05) is 24.3 Å². The second-order valence-corrected chi connectivity index (χ2v) is 7.76. The molecule has 2 heterocycles. The SMILES string of the molecule is O=C1[C@H](C(=O)N2CCCSc3ccccc32)CCN1c1cc(F)cc(F)c1. The number of carbonyl (C=O) groups is 2. The lowest BCUT2D eigenvalue weighted by atomic mass is 10.1. The lowest BCUT2D eigenvalue weighted by Gasteiger charge is -2.25. The molecule has 27 heavy (non-hydrogen) atoms. The molecule has 0 unspecified atom stereocenters. The highest BCUT2D eigenvalue weighted by Crippen LogP contribution is 2.36. The molecule has 0 saturated carbocycles. The Morgan fingerprint density at radius 1 is 1.07 bits per heavy atom. The van der Waals surface area contributed by atoms with Crippen molar-refractivity contribution in [3.63, 3.8) is 0 Å². The highest BCUT2D eigenvalue weighted by atomic mass is 32.2. The maximum Gasteiger partial charge on any atom is 0.239 e. The molecule has 1 atom stereocenters. The zero-order chi connectivity index (χ0) is 19.0. The molecule has 1 saturated heterocycles. The van der Waals surface area contributed by atoms with Gasteiger partial charge in [-0.25, -0.2) is 8.78 Å². The van der Waals surface area contributed by atoms with Crippen LogP contribution in [0, 0.1) is 17.6 Å². The fraction of sp³-hybridized carbons (Fsp3) is 0.300. The van der Waals surface area contributed by atoms with E-state index in [0.717, 1.165) is 41.0 Å². The van der Waals surface area contributed by atoms with Gasteiger partial charge in [0.15, 0.2) is 0 Å². The zero-order valence-corrected chi connectivity index (χ0v) is 15.3. The average Bonchev–Trinajstić information content (AvgIpc) is 2.89. The molecule has 7 heteroatoms. The monoisotopic (exact) mass is 388 g/mol. The first-order chi connectivity index (χ1) is 13.0. The molecule has 0 aliphatic carbocycles. The Balaban J connectivity index is 1.59. The van der Waals surface area contributed by atoms with E-state index in [1.165, 1.54) is 4.90 Å². The van der Waals surface area contributed by atoms with E-state index in [0.29, 0.717) is 13.0 Å². The Labute approximate surface area is 160 Å². The summed E-state index contributed by atoms with van der Waals surface area (Å²) in [6.07, 6.45) is 1.17. The van der Waals surface area contributed by atoms with Crippen molar-refractivity contribution in [3.05, 3.63) is 54.1 Å². The number of hydrogen-bond donors (Lipinski definition) is 0. The second kappa shape index (κ2) is 7.31. The van der Waals surface area contributed by atoms with Crippen LogP contribution in [0.1, 0.15) is 12.8 Å². The quantitative estimate of drug-likeness (QED) is 0.734. The van der Waals surface area contributed by atoms with E-state index in [1.54, 1.807) is 16.7 Å². The van der Waals surface area contributed by atoms with Crippen LogP contribution in [0.5, 0.6) is 0 Å². The summed E-state index contributed by atoms with van der Waals surface area (Å²) in [5.74, 6) is -2.05. The number of carbonyl (C=O) groups excluding carboxylic acids is 2. The molecule has 2 aliphatic rings. The van der Waals surface area contributed by atoms with E-state index in [-0.39, 0.29) is 18.1 Å². The molecule has 0 spiro atoms. The lowest BCUT2D eigenvalue weighted by Crippen LogP contribution is -2.40. The summed E-state index contributed by atoms with van der Waals surface area (Å²) in [5, 5.41) is 0. The summed E-state index contributed by atoms with van der Waals surface area (Å²) in [7, 11) is 0. The Bertz CT molecular complexity index is 885. The van der Waals surface area contributed by atoms with Crippen molar-refractivity contribution in [1.29, 1.82) is 0 Å². The van der Waals surface area contributed by atoms with Gasteiger partial charge in [-0.2, -0.15) is 0 Å². The third-order valence-corrected chi connectivity index (χ3v) is 6.02. The van der Waals surface area contributed by atoms with Crippen LogP contribution in [-0.2, 0) is 9.59 Å². The highest BCUT2D eigenvalue weighted by Gasteiger charge is 2.40. The third-order valence-electron chi connectivity index (χ3n) is 4.87. The molecule has 2 amide bonds. The average molecular weight is 388 g/mol. The molecular weight excluding hydrogens is 370 g/mol. The number of amides is 2. The summed E-state index contributed by atoms with van der Waals surface area (Å²) in [6, 6.07) is 10.7. The summed E-state index contributed by atoms with van der Waals surface area (Å²) in [6.45, 7) is 0.823. The smallest absolute Gasteiger partial charge is 0.239 e. The second-order valence-electron chi connectivity index (χ2n) is 6.62. The fourth-order valence-corrected chi connectivity index (χ4v) is 4.60. The third kappa shape index (κ3) is 3.43. The first kappa shape index (κ1) is 18.0. The van der Waals surface area contributed by atoms with Crippen LogP contribution in [0.3, 0.4) is 0 Å². The van der Waals surface area contributed by atoms with Gasteiger partial charge in [0.1, 0.15) is 17.6 Å². The van der Waals surface area contributed by atoms with Gasteiger partial charge in [0.05, 0.1) is 5.69 Å². The van der Waals surface area contributed by atoms with Crippen LogP contribution in [0.4, 0.5) is 20.2 Å². The van der Waals surface area contributed by atoms with Gasteiger partial charge in [0.2, 0.25) is 11.8 Å². The summed E-state index contributed by atoms with van der Waals surface area (Å²) < 4.78 is 27.0. The van der Waals surface area contributed by atoms with Gasteiger partial charge in [-0.15, -0.1) is 11.8 Å². The van der Waals surface area contributed by atoms with Crippen LogP contribution in [-0.4, -0.2) is 30.7 Å². The number of fused-ring (bicyclic) bond motifs is 1. The van der Waals surface area contributed by atoms with E-state index < -0.39 is 23.5 Å². The van der Waals surface area contributed by atoms with Gasteiger partial charge in [0, 0.05) is 29.7 Å². The van der Waals surface area contributed by atoms with Gasteiger partial charge in [-0.05, 0) is 42.9 Å². The molecule has 140 valence electrons. The molecule has 0 aromatic heterocycles. The molecule has 0 N–H and O–H groups in total. The van der Waals surface area contributed by atoms with Gasteiger partial charge in [-0.3, -0.25) is 9.59 Å². The zero-order valence-electron chi connectivity index (χ0n) is 14.5. The molecule has 0 bridgehead atoms. The van der Waals surface area contributed by atoms with E-state index >= 15 is 0 Å². The van der Waals surface area contributed by atoms with Crippen molar-refractivity contribution >= 4 is 35.0 Å². The normalized spacial score (nSPS) is 19.8. The number of hydrogen-bond acceptors (Lipinski definition) is 3. The van der Waals surface area contributed by atoms with Crippen LogP contribution < -0.4 is 9.80 Å². The van der Waals surface area contributed by atoms with Crippen LogP contribution in [0.25, 0.3) is 0 Å². The Morgan fingerprint density at radius 2 is 1.81 bits per heavy atom. The van der Waals surface area contributed by atoms with Crippen LogP contribution in [0.2, 0.25) is 0 Å². The number of nitrogens with zero attached hydrogens (tertiary/aromatic N) is 2. The standard InChI is InChI=1S/C20H18F2N2O2S/c21-13-10-14(22)12-15(11-13)23-8-6-16(19(23)25)20(26)24-7-3-9-27-18-5-2-1-4-17(18)24/h1-2,4-5,10-12,16H,3,6-9H2/t16-/m1/s1. The number of thioether (sulfide) groups is 1. The first-order valence-electron chi connectivity index (χ1n) is 8.85. The lowest BCUT2D eigenvalue weighted by molar-refractivity contribution is -0.130. The van der Waals surface area contributed by atoms with Crippen molar-refractivity contribution in [2.24, 2.45) is 5.92 Å². The van der Waals surface area contributed by atoms with E-state index in [4.69, 9.17) is 0 Å². The molecule has 1 fully saturated rings. The molecule has 4 nitrogen and oxygen atoms in total. The van der Waals surface area contributed by atoms with Crippen molar-refractivity contribution < 1.29 is 18.4 Å². The van der Waals surface area contributed by atoms with Crippen molar-refractivity contribution in [2.45, 2.75) is 17.7 Å². The highest BCUT2D eigenvalue weighted by molar-refractivity contribution is 7.99. The summed E-state index contributed by atoms with van der Waals surface area (Å²) in [4.78, 5) is 30.0. The molecular formula is C20H18F2N2O2S. The largest absolute Gasteiger partial charge is 0.311 e. The fourth-order valence-electron chi connectivity index (χ4n) is 3.61. The molecule has 2 aliphatic heterocycles. The number of halogens is 2. The Hall–Kier alpha value is -2.41. The maximum absolute atomic E-state index is 13.5. The maximum atomic E-state index is 13.5. The number of anilines is 2. The molecule has 0 radical (unpaired) electrons. The Kier molecular flexibility index (Phi) is 4.86. The predicted molar refractivity (Wildman–Crippen MR) is 101 cm³/mol. The van der Waals surface area contributed by atoms with E-state index in [9.17, 15) is 18.4 Å². The van der Waals surface area contributed by atoms with E-state index in [2.05, 4.69) is 0 Å². The van der Waals surface area contributed by atoms with Gasteiger partial charge < -0.3 is 9.80 Å². The predicted octanol–water partition coefficient (Wildman–Crippen LogP) is 3.85. The van der Waals surface area contributed by atoms with Crippen molar-refractivity contribution in [1.82, 2.24) is 0 Å². The minimum atomic E-state index is -0.826. The van der Waals surface area contributed by atoms with Gasteiger partial charge in [-0.1, -0.05) is 12.1 Å². The molecule has 4 rings (SSSR count). The van der Waals surface area contributed by atoms with Crippen molar-refractivity contribution in [3.8, 4) is 0 Å². The van der Waals surface area contributed by atoms with Gasteiger partial charge >= 0.3 is 0 Å². The number of rotatable bonds is 2. The number of benzene rings is 2. The summed E-state index contributed by atoms with van der Waals surface area (Å²) in [5.41, 5.74) is 0.979. The van der Waals surface area contributed by atoms with Gasteiger partial charge in [0.25, 0.3) is 0 Å². The minimum Gasteiger partial charge on any atom is -0.311 e. The van der Waals surface area contributed by atoms with Crippen LogP contribution in [0.15, 0.2) is 47.4 Å². The topological polar surface area (TPSA) is 40.6 Å². The summed E-state index contributed by atoms with van der Waals surface area (Å²) >= 11 is 1.70. The Morgan fingerprint density at radius 3 is 2.59 bits per heavy atom. The minimum absolute atomic E-state index is 0.152.